The first-order chi connectivity index (χ1) is 5.66. The van der Waals surface area contributed by atoms with E-state index in [1.54, 1.807) is 0 Å². The Balaban J connectivity index is 3.69. The van der Waals surface area contributed by atoms with Crippen LogP contribution in [0.5, 0.6) is 0 Å². The predicted octanol–water partition coefficient (Wildman–Crippen LogP) is -0.273. The minimum Gasteiger partial charge on any atom is -0.463 e. The van der Waals surface area contributed by atoms with E-state index >= 15 is 0 Å². The molecule has 0 amide bonds. The molecule has 0 aromatic carbocycles. The number of guanidine groups is 1. The lowest BCUT2D eigenvalue weighted by atomic mass is 10.5. The fourth-order valence-electron chi connectivity index (χ4n) is 0.435. The lowest BCUT2D eigenvalue weighted by Crippen LogP contribution is -2.21. The standard InChI is InChI=1S/C7H13N3O2/c1-2-5-12-6(11)3-4-10-7(8)9/h3-4H,2,5H2,1H3,(H4,8,9,10). The van der Waals surface area contributed by atoms with Crippen molar-refractivity contribution in [3.63, 3.8) is 0 Å². The Morgan fingerprint density at radius 3 is 2.75 bits per heavy atom. The van der Waals surface area contributed by atoms with Gasteiger partial charge in [0.25, 0.3) is 0 Å². The molecule has 0 aliphatic carbocycles. The van der Waals surface area contributed by atoms with Crippen LogP contribution in [-0.4, -0.2) is 18.5 Å². The molecule has 0 rings (SSSR count). The van der Waals surface area contributed by atoms with Crippen LogP contribution in [0.4, 0.5) is 0 Å². The number of hydrogen-bond acceptors (Lipinski definition) is 3. The maximum Gasteiger partial charge on any atom is 0.332 e. The third-order valence-electron chi connectivity index (χ3n) is 0.883. The molecule has 0 atom stereocenters. The average molecular weight is 171 g/mol. The molecule has 0 radical (unpaired) electrons. The third kappa shape index (κ3) is 6.60. The van der Waals surface area contributed by atoms with Crippen LogP contribution in [0, 0.1) is 0 Å². The molecule has 0 bridgehead atoms. The molecule has 0 aliphatic heterocycles. The monoisotopic (exact) mass is 171 g/mol. The molecular formula is C7H13N3O2. The van der Waals surface area contributed by atoms with Crippen LogP contribution in [0.2, 0.25) is 0 Å². The number of nitrogens with two attached hydrogens (primary N) is 2. The number of ether oxygens (including phenoxy) is 1. The number of carbonyl (C=O) groups is 1. The number of esters is 1. The molecule has 0 spiro atoms. The number of rotatable bonds is 4. The predicted molar refractivity (Wildman–Crippen MR) is 46.2 cm³/mol. The zero-order valence-corrected chi connectivity index (χ0v) is 6.99. The summed E-state index contributed by atoms with van der Waals surface area (Å²) in [4.78, 5) is 14.2. The van der Waals surface area contributed by atoms with Gasteiger partial charge in [0.2, 0.25) is 0 Å². The normalized spacial score (nSPS) is 9.75. The SMILES string of the molecule is CCCOC(=O)C=CN=C(N)N. The molecule has 0 fully saturated rings. The summed E-state index contributed by atoms with van der Waals surface area (Å²) < 4.78 is 4.70. The average Bonchev–Trinajstić information content (AvgIpc) is 2.00. The lowest BCUT2D eigenvalue weighted by molar-refractivity contribution is -0.137. The van der Waals surface area contributed by atoms with Crippen LogP contribution in [0.3, 0.4) is 0 Å². The summed E-state index contributed by atoms with van der Waals surface area (Å²) in [6, 6.07) is 0. The van der Waals surface area contributed by atoms with Crippen molar-refractivity contribution in [2.45, 2.75) is 13.3 Å². The molecule has 5 heteroatoms. The van der Waals surface area contributed by atoms with Gasteiger partial charge < -0.3 is 16.2 Å². The van der Waals surface area contributed by atoms with E-state index in [0.717, 1.165) is 12.5 Å². The summed E-state index contributed by atoms with van der Waals surface area (Å²) in [5.41, 5.74) is 10.0. The summed E-state index contributed by atoms with van der Waals surface area (Å²) in [5, 5.41) is 0. The highest BCUT2D eigenvalue weighted by molar-refractivity contribution is 5.83. The smallest absolute Gasteiger partial charge is 0.332 e. The van der Waals surface area contributed by atoms with Gasteiger partial charge in [-0.25, -0.2) is 9.79 Å². The summed E-state index contributed by atoms with van der Waals surface area (Å²) >= 11 is 0. The van der Waals surface area contributed by atoms with Crippen LogP contribution in [-0.2, 0) is 9.53 Å². The van der Waals surface area contributed by atoms with Crippen molar-refractivity contribution in [1.29, 1.82) is 0 Å². The first-order valence-corrected chi connectivity index (χ1v) is 3.59. The number of carbonyl (C=O) groups excluding carboxylic acids is 1. The van der Waals surface area contributed by atoms with Crippen molar-refractivity contribution in [3.05, 3.63) is 12.3 Å². The van der Waals surface area contributed by atoms with Gasteiger partial charge in [-0.3, -0.25) is 0 Å². The molecule has 0 saturated heterocycles. The van der Waals surface area contributed by atoms with E-state index in [0.29, 0.717) is 6.61 Å². The Bertz CT molecular complexity index is 195. The van der Waals surface area contributed by atoms with Crippen molar-refractivity contribution in [2.24, 2.45) is 16.5 Å². The first kappa shape index (κ1) is 10.5. The number of nitrogens with zero attached hydrogens (tertiary/aromatic N) is 1. The Morgan fingerprint density at radius 2 is 2.25 bits per heavy atom. The minimum atomic E-state index is -0.443. The van der Waals surface area contributed by atoms with Gasteiger partial charge in [-0.15, -0.1) is 0 Å². The minimum absolute atomic E-state index is 0.0884. The Morgan fingerprint density at radius 1 is 1.58 bits per heavy atom. The van der Waals surface area contributed by atoms with Gasteiger partial charge in [0.05, 0.1) is 6.61 Å². The van der Waals surface area contributed by atoms with E-state index in [2.05, 4.69) is 4.99 Å². The summed E-state index contributed by atoms with van der Waals surface area (Å²) in [7, 11) is 0. The highest BCUT2D eigenvalue weighted by Crippen LogP contribution is 1.84. The Hall–Kier alpha value is -1.52. The van der Waals surface area contributed by atoms with Crippen molar-refractivity contribution in [1.82, 2.24) is 0 Å². The second-order valence-corrected chi connectivity index (χ2v) is 2.04. The van der Waals surface area contributed by atoms with E-state index < -0.39 is 5.97 Å². The molecular weight excluding hydrogens is 158 g/mol. The van der Waals surface area contributed by atoms with Crippen molar-refractivity contribution >= 4 is 11.9 Å². The van der Waals surface area contributed by atoms with Crippen LogP contribution < -0.4 is 11.5 Å². The largest absolute Gasteiger partial charge is 0.463 e. The third-order valence-corrected chi connectivity index (χ3v) is 0.883. The van der Waals surface area contributed by atoms with Crippen LogP contribution in [0.15, 0.2) is 17.3 Å². The Kier molecular flexibility index (Phi) is 5.42. The number of hydrogen-bond donors (Lipinski definition) is 2. The number of aliphatic imine (C=N–C) groups is 1. The quantitative estimate of drug-likeness (QED) is 0.263. The molecule has 0 aromatic rings. The molecule has 0 saturated carbocycles. The highest BCUT2D eigenvalue weighted by Gasteiger charge is 1.92. The fraction of sp³-hybridized carbons (Fsp3) is 0.429. The zero-order chi connectivity index (χ0) is 9.40. The second-order valence-electron chi connectivity index (χ2n) is 2.04. The molecule has 0 aromatic heterocycles. The van der Waals surface area contributed by atoms with Crippen LogP contribution in [0.1, 0.15) is 13.3 Å². The van der Waals surface area contributed by atoms with Gasteiger partial charge in [0, 0.05) is 12.3 Å². The van der Waals surface area contributed by atoms with Crippen molar-refractivity contribution in [3.8, 4) is 0 Å². The molecule has 0 heterocycles. The van der Waals surface area contributed by atoms with Crippen molar-refractivity contribution < 1.29 is 9.53 Å². The van der Waals surface area contributed by atoms with Gasteiger partial charge in [-0.1, -0.05) is 6.92 Å². The van der Waals surface area contributed by atoms with E-state index in [1.807, 2.05) is 6.92 Å². The van der Waals surface area contributed by atoms with E-state index in [9.17, 15) is 4.79 Å². The summed E-state index contributed by atoms with van der Waals surface area (Å²) in [5.74, 6) is -0.531. The van der Waals surface area contributed by atoms with E-state index in [1.165, 1.54) is 6.20 Å². The van der Waals surface area contributed by atoms with Gasteiger partial charge in [-0.05, 0) is 6.42 Å². The highest BCUT2D eigenvalue weighted by atomic mass is 16.5. The fourth-order valence-corrected chi connectivity index (χ4v) is 0.435. The van der Waals surface area contributed by atoms with Gasteiger partial charge in [0.15, 0.2) is 5.96 Å². The summed E-state index contributed by atoms with van der Waals surface area (Å²) in [6.45, 7) is 2.32. The molecule has 0 unspecified atom stereocenters. The van der Waals surface area contributed by atoms with E-state index in [-0.39, 0.29) is 5.96 Å². The van der Waals surface area contributed by atoms with Crippen LogP contribution >= 0.6 is 0 Å². The zero-order valence-electron chi connectivity index (χ0n) is 6.99. The second kappa shape index (κ2) is 6.21. The molecule has 5 nitrogen and oxygen atoms in total. The van der Waals surface area contributed by atoms with Crippen molar-refractivity contribution in [2.75, 3.05) is 6.61 Å². The first-order valence-electron chi connectivity index (χ1n) is 3.59. The molecule has 68 valence electrons. The maximum atomic E-state index is 10.7. The lowest BCUT2D eigenvalue weighted by Gasteiger charge is -1.95. The maximum absolute atomic E-state index is 10.7. The molecule has 4 N–H and O–H groups in total. The molecule has 12 heavy (non-hydrogen) atoms. The van der Waals surface area contributed by atoms with Gasteiger partial charge in [0.1, 0.15) is 0 Å². The molecule has 0 aliphatic rings. The van der Waals surface area contributed by atoms with E-state index in [4.69, 9.17) is 16.2 Å². The van der Waals surface area contributed by atoms with Crippen LogP contribution in [0.25, 0.3) is 0 Å². The van der Waals surface area contributed by atoms with Gasteiger partial charge >= 0.3 is 5.97 Å². The summed E-state index contributed by atoms with van der Waals surface area (Å²) in [6.07, 6.45) is 3.16. The Labute approximate surface area is 71.1 Å². The topological polar surface area (TPSA) is 90.7 Å². The van der Waals surface area contributed by atoms with Gasteiger partial charge in [-0.2, -0.15) is 0 Å².